The minimum atomic E-state index is -0.518. The second-order valence-corrected chi connectivity index (χ2v) is 11.2. The number of hydrogen-bond donors (Lipinski definition) is 0. The lowest BCUT2D eigenvalue weighted by atomic mass is 9.78. The van der Waals surface area contributed by atoms with Crippen molar-refractivity contribution in [2.45, 2.75) is 71.8 Å². The molecule has 0 atom stereocenters. The quantitative estimate of drug-likeness (QED) is 0.510. The van der Waals surface area contributed by atoms with Crippen molar-refractivity contribution in [1.29, 1.82) is 0 Å². The molecule has 2 aromatic heterocycles. The predicted octanol–water partition coefficient (Wildman–Crippen LogP) is 4.26. The van der Waals surface area contributed by atoms with E-state index in [0.717, 1.165) is 27.5 Å². The number of likely N-dealkylation sites (N-methyl/N-ethyl adjacent to an activating group) is 1. The zero-order valence-electron chi connectivity index (χ0n) is 22.0. The average molecular weight is 478 g/mol. The van der Waals surface area contributed by atoms with E-state index < -0.39 is 23.9 Å². The molecule has 1 aliphatic heterocycles. The number of benzene rings is 1. The highest BCUT2D eigenvalue weighted by molar-refractivity contribution is 6.62. The van der Waals surface area contributed by atoms with Crippen LogP contribution in [0.1, 0.15) is 48.5 Å². The SMILES string of the molecule is CN(CCn1cc(-c2cnc3ccc(B4OC(C)(C)C(C)(C)O4)cc3c2)cn1)C(=O)OC(C)(C)C. The molecule has 0 bridgehead atoms. The van der Waals surface area contributed by atoms with E-state index in [-0.39, 0.29) is 6.09 Å². The largest absolute Gasteiger partial charge is 0.494 e. The summed E-state index contributed by atoms with van der Waals surface area (Å²) in [6, 6.07) is 8.19. The fourth-order valence-electron chi connectivity index (χ4n) is 3.75. The van der Waals surface area contributed by atoms with Crippen molar-refractivity contribution in [3.63, 3.8) is 0 Å². The van der Waals surface area contributed by atoms with Gasteiger partial charge in [0.25, 0.3) is 0 Å². The van der Waals surface area contributed by atoms with E-state index in [1.807, 2.05) is 56.2 Å². The number of aromatic nitrogens is 3. The lowest BCUT2D eigenvalue weighted by Crippen LogP contribution is -2.41. The monoisotopic (exact) mass is 478 g/mol. The summed E-state index contributed by atoms with van der Waals surface area (Å²) < 4.78 is 19.7. The first-order chi connectivity index (χ1) is 16.2. The fourth-order valence-corrected chi connectivity index (χ4v) is 3.75. The Morgan fingerprint density at radius 3 is 2.43 bits per heavy atom. The predicted molar refractivity (Wildman–Crippen MR) is 138 cm³/mol. The summed E-state index contributed by atoms with van der Waals surface area (Å²) in [6.07, 6.45) is 5.28. The molecule has 0 spiro atoms. The van der Waals surface area contributed by atoms with Crippen molar-refractivity contribution in [1.82, 2.24) is 19.7 Å². The molecule has 8 nitrogen and oxygen atoms in total. The van der Waals surface area contributed by atoms with Crippen molar-refractivity contribution in [2.24, 2.45) is 0 Å². The summed E-state index contributed by atoms with van der Waals surface area (Å²) in [5.74, 6) is 0. The van der Waals surface area contributed by atoms with Crippen LogP contribution in [0.5, 0.6) is 0 Å². The molecule has 0 saturated carbocycles. The van der Waals surface area contributed by atoms with Gasteiger partial charge < -0.3 is 18.9 Å². The summed E-state index contributed by atoms with van der Waals surface area (Å²) in [6.45, 7) is 14.8. The highest BCUT2D eigenvalue weighted by Gasteiger charge is 2.51. The minimum absolute atomic E-state index is 0.346. The van der Waals surface area contributed by atoms with Crippen LogP contribution in [0.25, 0.3) is 22.0 Å². The second-order valence-electron chi connectivity index (χ2n) is 11.2. The molecule has 186 valence electrons. The van der Waals surface area contributed by atoms with E-state index in [1.165, 1.54) is 0 Å². The molecule has 1 amide bonds. The van der Waals surface area contributed by atoms with Crippen LogP contribution in [0.15, 0.2) is 42.9 Å². The average Bonchev–Trinajstić information content (AvgIpc) is 3.31. The van der Waals surface area contributed by atoms with E-state index in [0.29, 0.717) is 13.1 Å². The normalized spacial score (nSPS) is 17.1. The molecule has 0 unspecified atom stereocenters. The van der Waals surface area contributed by atoms with Crippen LogP contribution >= 0.6 is 0 Å². The van der Waals surface area contributed by atoms with Gasteiger partial charge >= 0.3 is 13.2 Å². The van der Waals surface area contributed by atoms with Crippen molar-refractivity contribution in [3.8, 4) is 11.1 Å². The molecule has 0 aliphatic carbocycles. The van der Waals surface area contributed by atoms with Crippen LogP contribution in [0.3, 0.4) is 0 Å². The Bertz CT molecular complexity index is 1220. The third-order valence-electron chi connectivity index (χ3n) is 6.57. The molecule has 1 aromatic carbocycles. The number of fused-ring (bicyclic) bond motifs is 1. The van der Waals surface area contributed by atoms with E-state index in [1.54, 1.807) is 11.9 Å². The molecule has 0 radical (unpaired) electrons. The Morgan fingerprint density at radius 2 is 1.77 bits per heavy atom. The summed E-state index contributed by atoms with van der Waals surface area (Å²) in [4.78, 5) is 18.4. The third-order valence-corrected chi connectivity index (χ3v) is 6.57. The molecule has 4 rings (SSSR count). The van der Waals surface area contributed by atoms with Crippen LogP contribution < -0.4 is 5.46 Å². The van der Waals surface area contributed by atoms with Gasteiger partial charge in [0.15, 0.2) is 0 Å². The highest BCUT2D eigenvalue weighted by Crippen LogP contribution is 2.36. The van der Waals surface area contributed by atoms with Gasteiger partial charge in [-0.3, -0.25) is 9.67 Å². The molecule has 3 aromatic rings. The van der Waals surface area contributed by atoms with Crippen LogP contribution in [0, 0.1) is 0 Å². The second kappa shape index (κ2) is 8.95. The zero-order chi connectivity index (χ0) is 25.6. The van der Waals surface area contributed by atoms with Gasteiger partial charge in [-0.25, -0.2) is 4.79 Å². The third kappa shape index (κ3) is 5.51. The Balaban J connectivity index is 1.48. The van der Waals surface area contributed by atoms with Gasteiger partial charge in [0.05, 0.1) is 29.5 Å². The fraction of sp³-hybridized carbons (Fsp3) is 0.500. The summed E-state index contributed by atoms with van der Waals surface area (Å²) in [7, 11) is 1.31. The maximum Gasteiger partial charge on any atom is 0.494 e. The summed E-state index contributed by atoms with van der Waals surface area (Å²) in [5.41, 5.74) is 2.50. The molecular weight excluding hydrogens is 443 g/mol. The van der Waals surface area contributed by atoms with Crippen molar-refractivity contribution >= 4 is 29.6 Å². The number of ether oxygens (including phenoxy) is 1. The van der Waals surface area contributed by atoms with Crippen molar-refractivity contribution in [3.05, 3.63) is 42.9 Å². The van der Waals surface area contributed by atoms with Gasteiger partial charge in [0, 0.05) is 42.5 Å². The highest BCUT2D eigenvalue weighted by atomic mass is 16.7. The van der Waals surface area contributed by atoms with Crippen LogP contribution in [-0.4, -0.2) is 63.3 Å². The number of nitrogens with zero attached hydrogens (tertiary/aromatic N) is 4. The first-order valence-corrected chi connectivity index (χ1v) is 12.0. The van der Waals surface area contributed by atoms with Crippen molar-refractivity contribution < 1.29 is 18.8 Å². The van der Waals surface area contributed by atoms with E-state index in [9.17, 15) is 4.79 Å². The standard InChI is InChI=1S/C26H35BN4O4/c1-24(2,3)33-23(32)30(8)11-12-31-17-20(16-29-31)19-13-18-14-21(9-10-22(18)28-15-19)27-34-25(4,5)26(6,7)35-27/h9-10,13-17H,11-12H2,1-8H3. The maximum atomic E-state index is 12.2. The van der Waals surface area contributed by atoms with Gasteiger partial charge in [0.1, 0.15) is 5.60 Å². The number of hydrogen-bond acceptors (Lipinski definition) is 6. The summed E-state index contributed by atoms with van der Waals surface area (Å²) >= 11 is 0. The van der Waals surface area contributed by atoms with E-state index in [2.05, 4.69) is 49.9 Å². The molecule has 1 aliphatic rings. The molecule has 1 fully saturated rings. The molecule has 9 heteroatoms. The van der Waals surface area contributed by atoms with Gasteiger partial charge in [-0.15, -0.1) is 0 Å². The van der Waals surface area contributed by atoms with E-state index >= 15 is 0 Å². The lowest BCUT2D eigenvalue weighted by molar-refractivity contribution is 0.00578. The van der Waals surface area contributed by atoms with Crippen LogP contribution in [0.2, 0.25) is 0 Å². The number of pyridine rings is 1. The first-order valence-electron chi connectivity index (χ1n) is 12.0. The number of carbonyl (C=O) groups excluding carboxylic acids is 1. The maximum absolute atomic E-state index is 12.2. The topological polar surface area (TPSA) is 78.7 Å². The molecular formula is C26H35BN4O4. The molecule has 35 heavy (non-hydrogen) atoms. The van der Waals surface area contributed by atoms with Crippen LogP contribution in [-0.2, 0) is 20.6 Å². The molecule has 3 heterocycles. The van der Waals surface area contributed by atoms with Crippen molar-refractivity contribution in [2.75, 3.05) is 13.6 Å². The lowest BCUT2D eigenvalue weighted by Gasteiger charge is -2.32. The minimum Gasteiger partial charge on any atom is -0.444 e. The molecule has 0 N–H and O–H groups in total. The van der Waals surface area contributed by atoms with Gasteiger partial charge in [-0.1, -0.05) is 12.1 Å². The smallest absolute Gasteiger partial charge is 0.444 e. The Labute approximate surface area is 207 Å². The zero-order valence-corrected chi connectivity index (χ0v) is 22.0. The van der Waals surface area contributed by atoms with E-state index in [4.69, 9.17) is 14.0 Å². The first kappa shape index (κ1) is 25.2. The van der Waals surface area contributed by atoms with Gasteiger partial charge in [-0.2, -0.15) is 5.10 Å². The number of rotatable bonds is 5. The Hall–Kier alpha value is -2.91. The van der Waals surface area contributed by atoms with Gasteiger partial charge in [-0.05, 0) is 66.1 Å². The number of amides is 1. The van der Waals surface area contributed by atoms with Crippen LogP contribution in [0.4, 0.5) is 4.79 Å². The Kier molecular flexibility index (Phi) is 6.44. The number of carbonyl (C=O) groups is 1. The molecule has 1 saturated heterocycles. The summed E-state index contributed by atoms with van der Waals surface area (Å²) in [5, 5.41) is 5.47. The van der Waals surface area contributed by atoms with Gasteiger partial charge in [0.2, 0.25) is 0 Å². The Morgan fingerprint density at radius 1 is 1.09 bits per heavy atom.